The summed E-state index contributed by atoms with van der Waals surface area (Å²) >= 11 is 0. The standard InChI is InChI=1S/C91H103F3N12O14.3ClH/c1-8-59-73(47-15-26-57(27-16-47)105-40-53-25-36-68(97-5)65(53)44-105)98-81(108)69(77(59)107)85(112)117-78-60(9-2)75(50-21-32-58(33-22-50)106-41-54-14-12-13-37-90(54,46-106)45-102(6)7)100-82(109)70(78)87(114)120-88(115)71-79(61(10-3)74(99-83(71)110)48-17-28-55(29-18-48)103-38-51-23-34-66(95)63(51)42-103)118-86(113)72-80(119-89(116)91(92,93)94)62(11-4)76(101-84(72)111)49-19-30-56(31-20-49)104-39-52-24-35-67(96)64(52)43-104;;;/h15-22,26-33,51-54,63-68,97H,8-14,23-25,34-46,95-96H2,1-7H3,(H,99,110)(H,100,109)(H,101,111)(H2,98,107,108);3*1H/t51-,52-,53-,54-,63+,64+,65+,66-,67+,68+,90+;;;/m1.../s1. The van der Waals surface area contributed by atoms with E-state index in [0.29, 0.717) is 59.8 Å². The highest BCUT2D eigenvalue weighted by Gasteiger charge is 2.50. The number of hydrogen-bond donors (Lipinski definition) is 8. The van der Waals surface area contributed by atoms with E-state index in [-0.39, 0.29) is 148 Å². The van der Waals surface area contributed by atoms with Gasteiger partial charge in [0.15, 0.2) is 39.5 Å². The molecule has 8 aromatic rings. The van der Waals surface area contributed by atoms with Crippen LogP contribution >= 0.6 is 37.2 Å². The van der Waals surface area contributed by atoms with Crippen molar-refractivity contribution in [3.05, 3.63) is 183 Å². The molecule has 26 nitrogen and oxygen atoms in total. The van der Waals surface area contributed by atoms with Crippen LogP contribution in [-0.2, 0) is 35.2 Å². The minimum Gasteiger partial charge on any atom is -0.506 e. The number of nitrogens with one attached hydrogen (secondary N) is 5. The van der Waals surface area contributed by atoms with Gasteiger partial charge in [-0.2, -0.15) is 13.2 Å². The molecule has 4 aliphatic heterocycles. The highest BCUT2D eigenvalue weighted by molar-refractivity contribution is 6.07. The van der Waals surface area contributed by atoms with Gasteiger partial charge in [-0.15, -0.1) is 37.2 Å². The average molecular weight is 1760 g/mol. The van der Waals surface area contributed by atoms with Crippen molar-refractivity contribution in [2.75, 3.05) is 99.6 Å². The van der Waals surface area contributed by atoms with Gasteiger partial charge in [0.1, 0.15) is 5.75 Å². The molecule has 4 aliphatic carbocycles. The predicted octanol–water partition coefficient (Wildman–Crippen LogP) is 12.6. The Morgan fingerprint density at radius 2 is 0.829 bits per heavy atom. The van der Waals surface area contributed by atoms with Crippen molar-refractivity contribution in [3.63, 3.8) is 0 Å². The van der Waals surface area contributed by atoms with E-state index in [9.17, 15) is 32.7 Å². The number of H-pyrrole nitrogens is 4. The number of rotatable bonds is 22. The van der Waals surface area contributed by atoms with E-state index in [0.717, 1.165) is 133 Å². The van der Waals surface area contributed by atoms with Crippen LogP contribution in [0.1, 0.15) is 156 Å². The van der Waals surface area contributed by atoms with Gasteiger partial charge in [-0.25, -0.2) is 24.0 Å². The molecule has 8 fully saturated rings. The van der Waals surface area contributed by atoms with Crippen LogP contribution in [0.5, 0.6) is 23.0 Å². The molecule has 8 aliphatic rings. The van der Waals surface area contributed by atoms with Gasteiger partial charge < -0.3 is 85.3 Å². The Bertz CT molecular complexity index is 5610. The van der Waals surface area contributed by atoms with Crippen LogP contribution in [0.4, 0.5) is 35.9 Å². The molecular weight excluding hydrogens is 1650 g/mol. The Morgan fingerprint density at radius 3 is 1.22 bits per heavy atom. The minimum absolute atomic E-state index is 0. The summed E-state index contributed by atoms with van der Waals surface area (Å²) in [7, 11) is 6.16. The molecular formula is C91H106Cl3F3N12O14. The van der Waals surface area contributed by atoms with E-state index >= 15 is 28.8 Å². The van der Waals surface area contributed by atoms with Crippen molar-refractivity contribution in [3.8, 4) is 68.0 Å². The van der Waals surface area contributed by atoms with Gasteiger partial charge in [0.25, 0.3) is 22.2 Å². The molecule has 0 bridgehead atoms. The number of fused-ring (bicyclic) bond motifs is 4. The maximum Gasteiger partial charge on any atom is 0.491 e. The number of aromatic hydroxyl groups is 1. The third kappa shape index (κ3) is 17.1. The summed E-state index contributed by atoms with van der Waals surface area (Å²) in [4.78, 5) is 157. The highest BCUT2D eigenvalue weighted by atomic mass is 35.5. The van der Waals surface area contributed by atoms with Crippen LogP contribution in [-0.4, -0.2) is 164 Å². The number of aromatic amines is 4. The van der Waals surface area contributed by atoms with Crippen LogP contribution in [0.25, 0.3) is 45.0 Å². The molecule has 123 heavy (non-hydrogen) atoms. The first-order chi connectivity index (χ1) is 57.6. The highest BCUT2D eigenvalue weighted by Crippen LogP contribution is 2.50. The van der Waals surface area contributed by atoms with Crippen molar-refractivity contribution in [2.24, 2.45) is 58.3 Å². The minimum atomic E-state index is -5.70. The lowest BCUT2D eigenvalue weighted by molar-refractivity contribution is -0.189. The summed E-state index contributed by atoms with van der Waals surface area (Å²) < 4.78 is 66.6. The second-order valence-corrected chi connectivity index (χ2v) is 34.4. The van der Waals surface area contributed by atoms with Crippen LogP contribution in [0, 0.1) is 46.8 Å². The summed E-state index contributed by atoms with van der Waals surface area (Å²) in [5.74, 6) is -10.9. The third-order valence-corrected chi connectivity index (χ3v) is 27.4. The number of esters is 5. The van der Waals surface area contributed by atoms with Crippen molar-refractivity contribution < 1.29 is 61.2 Å². The van der Waals surface area contributed by atoms with Gasteiger partial charge in [0.2, 0.25) is 0 Å². The predicted molar refractivity (Wildman–Crippen MR) is 472 cm³/mol. The molecule has 0 unspecified atom stereocenters. The number of carbonyl (C=O) groups is 5. The lowest BCUT2D eigenvalue weighted by Crippen LogP contribution is -2.42. The molecule has 32 heteroatoms. The first-order valence-electron chi connectivity index (χ1n) is 42.2. The van der Waals surface area contributed by atoms with E-state index < -0.39 is 104 Å². The Kier molecular flexibility index (Phi) is 26.8. The molecule has 656 valence electrons. The summed E-state index contributed by atoms with van der Waals surface area (Å²) in [5, 5.41) is 15.7. The van der Waals surface area contributed by atoms with Gasteiger partial charge in [-0.3, -0.25) is 19.2 Å². The normalized spacial score (nSPS) is 23.1. The molecule has 8 heterocycles. The molecule has 4 saturated carbocycles. The number of alkyl halides is 3. The Hall–Kier alpha value is -10.3. The summed E-state index contributed by atoms with van der Waals surface area (Å²) in [6, 6.07) is 29.0. The maximum atomic E-state index is 15.5. The fourth-order valence-electron chi connectivity index (χ4n) is 21.4. The van der Waals surface area contributed by atoms with Crippen LogP contribution < -0.4 is 72.8 Å². The van der Waals surface area contributed by atoms with Crippen molar-refractivity contribution in [2.45, 2.75) is 142 Å². The number of benzene rings is 4. The second-order valence-electron chi connectivity index (χ2n) is 34.4. The Balaban J connectivity index is 0.00000434. The first kappa shape index (κ1) is 90.5. The second kappa shape index (κ2) is 36.5. The van der Waals surface area contributed by atoms with Crippen molar-refractivity contribution in [1.29, 1.82) is 0 Å². The van der Waals surface area contributed by atoms with E-state index in [1.165, 1.54) is 13.8 Å². The van der Waals surface area contributed by atoms with Crippen LogP contribution in [0.2, 0.25) is 0 Å². The van der Waals surface area contributed by atoms with Gasteiger partial charge in [-0.05, 0) is 210 Å². The first-order valence-corrected chi connectivity index (χ1v) is 42.2. The smallest absolute Gasteiger partial charge is 0.491 e. The number of hydrogen-bond acceptors (Lipinski definition) is 22. The summed E-state index contributed by atoms with van der Waals surface area (Å²) in [6.45, 7) is 13.5. The topological polar surface area (TPSA) is 354 Å². The van der Waals surface area contributed by atoms with Gasteiger partial charge in [-0.1, -0.05) is 89.1 Å². The SMILES string of the molecule is CCc1c(-c2ccc(N3C[C@H]4CC[C@H](NC)[C@H]4C3)cc2)[nH]c(=O)c(C(=O)Oc2c(CC)c(-c3ccc(N4C[C@H]5CCCC[C@]5(CN(C)C)C4)cc3)[nH]c(=O)c2C(=O)OC(=O)c2c(OC(=O)c3c(OC(=O)C(F)(F)F)c(CC)c(-c4ccc(N5C[C@H]6CC[C@H](N)[C@H]6C5)cc4)[nH]c3=O)c(CC)c(-c3ccc(N4C[C@H]5CC[C@@H](N)[C@H]5C4)cc3)[nH]c2=O)c1O.Cl.Cl.Cl. The summed E-state index contributed by atoms with van der Waals surface area (Å²) in [5.41, 5.74) is 7.82. The number of ether oxygens (including phenoxy) is 4. The lowest BCUT2D eigenvalue weighted by atomic mass is 9.68. The number of pyridine rings is 4. The lowest BCUT2D eigenvalue weighted by Gasteiger charge is -2.40. The Labute approximate surface area is 728 Å². The molecule has 4 aromatic heterocycles. The summed E-state index contributed by atoms with van der Waals surface area (Å²) in [6.07, 6.45) is 4.16. The fourth-order valence-corrected chi connectivity index (χ4v) is 21.4. The largest absolute Gasteiger partial charge is 0.506 e. The van der Waals surface area contributed by atoms with Crippen LogP contribution in [0.3, 0.4) is 0 Å². The van der Waals surface area contributed by atoms with Crippen LogP contribution in [0.15, 0.2) is 116 Å². The van der Waals surface area contributed by atoms with Gasteiger partial charge in [0.05, 0.1) is 22.8 Å². The fraction of sp³-hybridized carbons (Fsp3) is 0.462. The van der Waals surface area contributed by atoms with E-state index in [2.05, 4.69) is 63.8 Å². The number of aromatic nitrogens is 4. The molecule has 11 atom stereocenters. The van der Waals surface area contributed by atoms with E-state index in [1.54, 1.807) is 74.5 Å². The number of nitrogens with zero attached hydrogens (tertiary/aromatic N) is 5. The van der Waals surface area contributed by atoms with Gasteiger partial charge in [0, 0.05) is 127 Å². The quantitative estimate of drug-likeness (QED) is 0.0231. The van der Waals surface area contributed by atoms with Crippen molar-refractivity contribution >= 4 is 89.8 Å². The number of carbonyl (C=O) groups excluding carboxylic acids is 5. The number of halogens is 6. The molecule has 4 saturated heterocycles. The maximum absolute atomic E-state index is 15.5. The number of anilines is 4. The van der Waals surface area contributed by atoms with E-state index in [1.807, 2.05) is 43.4 Å². The molecule has 10 N–H and O–H groups in total. The number of nitrogens with two attached hydrogens (primary N) is 2. The molecule has 0 radical (unpaired) electrons. The van der Waals surface area contributed by atoms with Crippen molar-refractivity contribution in [1.82, 2.24) is 30.2 Å². The zero-order valence-corrected chi connectivity index (χ0v) is 72.2. The molecule has 16 rings (SSSR count). The Morgan fingerprint density at radius 1 is 0.472 bits per heavy atom. The zero-order chi connectivity index (χ0) is 84.7. The third-order valence-electron chi connectivity index (χ3n) is 27.4. The van der Waals surface area contributed by atoms with E-state index in [4.69, 9.17) is 30.4 Å². The monoisotopic (exact) mass is 1750 g/mol. The average Bonchev–Trinajstić information content (AvgIpc) is 1.60. The van der Waals surface area contributed by atoms with Gasteiger partial charge >= 0.3 is 36.0 Å². The zero-order valence-electron chi connectivity index (χ0n) is 69.8. The molecule has 0 spiro atoms. The molecule has 4 aromatic carbocycles. The molecule has 0 amide bonds.